The first-order valence-electron chi connectivity index (χ1n) is 8.78. The van der Waals surface area contributed by atoms with Crippen LogP contribution in [-0.2, 0) is 22.4 Å². The number of hydrogen-bond acceptors (Lipinski definition) is 5. The third-order valence-electron chi connectivity index (χ3n) is 4.52. The van der Waals surface area contributed by atoms with E-state index in [9.17, 15) is 9.90 Å². The molecule has 0 radical (unpaired) electrons. The Morgan fingerprint density at radius 2 is 1.86 bits per heavy atom. The van der Waals surface area contributed by atoms with Crippen LogP contribution in [0.1, 0.15) is 28.5 Å². The van der Waals surface area contributed by atoms with Crippen molar-refractivity contribution in [3.63, 3.8) is 0 Å². The molecule has 0 aliphatic carbocycles. The Kier molecular flexibility index (Phi) is 6.68. The Hall–Kier alpha value is -2.83. The lowest BCUT2D eigenvalue weighted by Crippen LogP contribution is -2.20. The van der Waals surface area contributed by atoms with Crippen LogP contribution in [0.15, 0.2) is 54.7 Å². The molecule has 1 heterocycles. The van der Waals surface area contributed by atoms with Crippen molar-refractivity contribution in [2.24, 2.45) is 0 Å². The highest BCUT2D eigenvalue weighted by Gasteiger charge is 2.21. The van der Waals surface area contributed by atoms with Gasteiger partial charge in [0.2, 0.25) is 0 Å². The standard InChI is InChI=1S/C21H21ClN2O4/c1-27-17-8-2-14(3-9-17)10-18(28-13-25)11-20-19(12-23-24-20)21(26)15-4-6-16(22)7-5-15/h2-9,12-13,18,21,26H,10-11H2,1H3,(H,23,24). The van der Waals surface area contributed by atoms with E-state index in [4.69, 9.17) is 21.1 Å². The van der Waals surface area contributed by atoms with Gasteiger partial charge in [0.15, 0.2) is 0 Å². The number of carbonyl (C=O) groups excluding carboxylic acids is 1. The van der Waals surface area contributed by atoms with E-state index in [0.717, 1.165) is 11.3 Å². The first kappa shape index (κ1) is 19.9. The summed E-state index contributed by atoms with van der Waals surface area (Å²) in [5.41, 5.74) is 2.98. The number of carbonyl (C=O) groups is 1. The number of aromatic nitrogens is 2. The maximum atomic E-state index is 11.0. The Labute approximate surface area is 168 Å². The molecule has 3 rings (SSSR count). The van der Waals surface area contributed by atoms with E-state index >= 15 is 0 Å². The molecule has 2 unspecified atom stereocenters. The third kappa shape index (κ3) is 4.91. The van der Waals surface area contributed by atoms with Gasteiger partial charge >= 0.3 is 0 Å². The van der Waals surface area contributed by atoms with Crippen molar-refractivity contribution in [1.82, 2.24) is 10.2 Å². The van der Waals surface area contributed by atoms with E-state index in [1.807, 2.05) is 24.3 Å². The number of rotatable bonds is 9. The molecule has 2 aromatic carbocycles. The van der Waals surface area contributed by atoms with Gasteiger partial charge in [-0.25, -0.2) is 0 Å². The molecule has 7 heteroatoms. The van der Waals surface area contributed by atoms with Gasteiger partial charge in [-0.1, -0.05) is 35.9 Å². The van der Waals surface area contributed by atoms with E-state index in [2.05, 4.69) is 10.2 Å². The van der Waals surface area contributed by atoms with Gasteiger partial charge in [0, 0.05) is 29.6 Å². The Balaban J connectivity index is 1.75. The van der Waals surface area contributed by atoms with Crippen molar-refractivity contribution >= 4 is 18.1 Å². The lowest BCUT2D eigenvalue weighted by Gasteiger charge is -2.17. The van der Waals surface area contributed by atoms with Crippen LogP contribution in [0.3, 0.4) is 0 Å². The molecule has 3 aromatic rings. The minimum Gasteiger partial charge on any atom is -0.497 e. The van der Waals surface area contributed by atoms with Crippen molar-refractivity contribution in [3.05, 3.63) is 82.1 Å². The maximum absolute atomic E-state index is 11.0. The number of aliphatic hydroxyl groups is 1. The highest BCUT2D eigenvalue weighted by molar-refractivity contribution is 6.30. The minimum atomic E-state index is -0.858. The van der Waals surface area contributed by atoms with Gasteiger partial charge in [-0.2, -0.15) is 5.10 Å². The zero-order chi connectivity index (χ0) is 19.9. The Morgan fingerprint density at radius 3 is 2.50 bits per heavy atom. The molecular formula is C21H21ClN2O4. The molecular weight excluding hydrogens is 380 g/mol. The second kappa shape index (κ2) is 9.39. The van der Waals surface area contributed by atoms with Gasteiger partial charge < -0.3 is 14.6 Å². The molecule has 146 valence electrons. The maximum Gasteiger partial charge on any atom is 0.293 e. The van der Waals surface area contributed by atoms with Crippen molar-refractivity contribution < 1.29 is 19.4 Å². The highest BCUT2D eigenvalue weighted by Crippen LogP contribution is 2.26. The predicted molar refractivity (Wildman–Crippen MR) is 105 cm³/mol. The van der Waals surface area contributed by atoms with Crippen LogP contribution in [0.4, 0.5) is 0 Å². The van der Waals surface area contributed by atoms with Crippen LogP contribution in [-0.4, -0.2) is 35.0 Å². The second-order valence-electron chi connectivity index (χ2n) is 6.35. The fraction of sp³-hybridized carbons (Fsp3) is 0.238. The quantitative estimate of drug-likeness (QED) is 0.537. The smallest absolute Gasteiger partial charge is 0.293 e. The first-order valence-corrected chi connectivity index (χ1v) is 9.16. The van der Waals surface area contributed by atoms with Gasteiger partial charge in [0.05, 0.1) is 12.8 Å². The summed E-state index contributed by atoms with van der Waals surface area (Å²) < 4.78 is 10.4. The van der Waals surface area contributed by atoms with Crippen molar-refractivity contribution in [2.45, 2.75) is 25.0 Å². The van der Waals surface area contributed by atoms with Crippen LogP contribution in [0, 0.1) is 0 Å². The minimum absolute atomic E-state index is 0.369. The normalized spacial score (nSPS) is 13.0. The average molecular weight is 401 g/mol. The first-order chi connectivity index (χ1) is 13.6. The monoisotopic (exact) mass is 400 g/mol. The van der Waals surface area contributed by atoms with E-state index in [0.29, 0.717) is 41.2 Å². The number of methoxy groups -OCH3 is 1. The predicted octanol–water partition coefficient (Wildman–Crippen LogP) is 3.48. The number of aromatic amines is 1. The fourth-order valence-electron chi connectivity index (χ4n) is 3.04. The molecule has 0 aliphatic heterocycles. The van der Waals surface area contributed by atoms with E-state index in [1.54, 1.807) is 37.6 Å². The number of hydrogen-bond donors (Lipinski definition) is 2. The molecule has 6 nitrogen and oxygen atoms in total. The summed E-state index contributed by atoms with van der Waals surface area (Å²) in [6.45, 7) is 0.441. The molecule has 2 atom stereocenters. The van der Waals surface area contributed by atoms with Gasteiger partial charge in [0.25, 0.3) is 6.47 Å². The summed E-state index contributed by atoms with van der Waals surface area (Å²) in [5, 5.41) is 18.3. The molecule has 0 amide bonds. The van der Waals surface area contributed by atoms with Gasteiger partial charge in [0.1, 0.15) is 18.0 Å². The molecule has 2 N–H and O–H groups in total. The SMILES string of the molecule is COc1ccc(CC(Cc2n[nH]cc2C(O)c2ccc(Cl)cc2)OC=O)cc1. The van der Waals surface area contributed by atoms with Crippen LogP contribution < -0.4 is 4.74 Å². The van der Waals surface area contributed by atoms with E-state index in [1.165, 1.54) is 0 Å². The third-order valence-corrected chi connectivity index (χ3v) is 4.78. The van der Waals surface area contributed by atoms with Crippen LogP contribution in [0.2, 0.25) is 5.02 Å². The average Bonchev–Trinajstić information content (AvgIpc) is 3.17. The number of nitrogens with one attached hydrogen (secondary N) is 1. The van der Waals surface area contributed by atoms with Crippen LogP contribution >= 0.6 is 11.6 Å². The Bertz CT molecular complexity index is 894. The molecule has 0 spiro atoms. The lowest BCUT2D eigenvalue weighted by molar-refractivity contribution is -0.133. The van der Waals surface area contributed by atoms with E-state index in [-0.39, 0.29) is 0 Å². The number of halogens is 1. The molecule has 0 fully saturated rings. The topological polar surface area (TPSA) is 84.4 Å². The summed E-state index contributed by atoms with van der Waals surface area (Å²) in [5.74, 6) is 0.761. The summed E-state index contributed by atoms with van der Waals surface area (Å²) in [6.07, 6.45) is 1.27. The number of nitrogens with zero attached hydrogens (tertiary/aromatic N) is 1. The molecule has 0 saturated carbocycles. The van der Waals surface area contributed by atoms with Crippen molar-refractivity contribution in [1.29, 1.82) is 0 Å². The second-order valence-corrected chi connectivity index (χ2v) is 6.79. The highest BCUT2D eigenvalue weighted by atomic mass is 35.5. The summed E-state index contributed by atoms with van der Waals surface area (Å²) >= 11 is 5.91. The van der Waals surface area contributed by atoms with Crippen molar-refractivity contribution in [3.8, 4) is 5.75 Å². The summed E-state index contributed by atoms with van der Waals surface area (Å²) in [6, 6.07) is 14.5. The number of H-pyrrole nitrogens is 1. The zero-order valence-electron chi connectivity index (χ0n) is 15.3. The summed E-state index contributed by atoms with van der Waals surface area (Å²) in [4.78, 5) is 11.0. The Morgan fingerprint density at radius 1 is 1.14 bits per heavy atom. The van der Waals surface area contributed by atoms with Crippen LogP contribution in [0.25, 0.3) is 0 Å². The van der Waals surface area contributed by atoms with Gasteiger partial charge in [-0.15, -0.1) is 0 Å². The lowest BCUT2D eigenvalue weighted by atomic mass is 9.97. The molecule has 0 aliphatic rings. The molecule has 0 saturated heterocycles. The van der Waals surface area contributed by atoms with Crippen LogP contribution in [0.5, 0.6) is 5.75 Å². The summed E-state index contributed by atoms with van der Waals surface area (Å²) in [7, 11) is 1.61. The largest absolute Gasteiger partial charge is 0.497 e. The number of benzene rings is 2. The molecule has 28 heavy (non-hydrogen) atoms. The molecule has 0 bridgehead atoms. The molecule has 1 aromatic heterocycles. The van der Waals surface area contributed by atoms with Crippen molar-refractivity contribution in [2.75, 3.05) is 7.11 Å². The van der Waals surface area contributed by atoms with Gasteiger partial charge in [-0.05, 0) is 35.4 Å². The number of ether oxygens (including phenoxy) is 2. The van der Waals surface area contributed by atoms with E-state index < -0.39 is 12.2 Å². The zero-order valence-corrected chi connectivity index (χ0v) is 16.1. The van der Waals surface area contributed by atoms with Gasteiger partial charge in [-0.3, -0.25) is 9.89 Å². The number of aliphatic hydroxyl groups excluding tert-OH is 1. The fourth-order valence-corrected chi connectivity index (χ4v) is 3.17.